The van der Waals surface area contributed by atoms with E-state index in [1.807, 2.05) is 41.7 Å². The van der Waals surface area contributed by atoms with E-state index in [0.29, 0.717) is 5.75 Å². The summed E-state index contributed by atoms with van der Waals surface area (Å²) >= 11 is 0. The smallest absolute Gasteiger partial charge is 0.323 e. The standard InChI is InChI=1S/C27H40N2O5/c1-15(2)21(24(31)34-25(3,4)5)28-17-10-11-27(32-7)19-14-16-8-9-18(30)22-20(16)26(27,23(17)33-22)12-13-29(19)6/h8-9,15,17,19,21,23,28,30H,10-14H2,1-7H3/t17-,19?,21-,23-,26?,27+/m0/s1. The lowest BCUT2D eigenvalue weighted by Gasteiger charge is -2.65. The molecule has 1 spiro atoms. The Morgan fingerprint density at radius 2 is 2.03 bits per heavy atom. The lowest BCUT2D eigenvalue weighted by molar-refractivity contribution is -0.204. The second-order valence-corrected chi connectivity index (χ2v) is 12.1. The number of piperidine rings is 1. The van der Waals surface area contributed by atoms with E-state index in [4.69, 9.17) is 14.2 Å². The number of nitrogens with zero attached hydrogens (tertiary/aromatic N) is 1. The van der Waals surface area contributed by atoms with Crippen LogP contribution in [0.3, 0.4) is 0 Å². The summed E-state index contributed by atoms with van der Waals surface area (Å²) < 4.78 is 19.0. The number of carbonyl (C=O) groups is 1. The molecule has 2 N–H and O–H groups in total. The van der Waals surface area contributed by atoms with Crippen molar-refractivity contribution >= 4 is 5.97 Å². The number of nitrogens with one attached hydrogen (secondary N) is 1. The number of benzene rings is 1. The van der Waals surface area contributed by atoms with E-state index in [1.165, 1.54) is 5.56 Å². The first-order chi connectivity index (χ1) is 15.9. The van der Waals surface area contributed by atoms with Crippen LogP contribution in [0.5, 0.6) is 11.5 Å². The third-order valence-electron chi connectivity index (χ3n) is 8.77. The summed E-state index contributed by atoms with van der Waals surface area (Å²) in [5.41, 5.74) is 1.06. The molecule has 1 aromatic carbocycles. The van der Waals surface area contributed by atoms with Gasteiger partial charge >= 0.3 is 5.97 Å². The number of aromatic hydroxyl groups is 1. The topological polar surface area (TPSA) is 80.3 Å². The molecule has 7 heteroatoms. The van der Waals surface area contributed by atoms with Crippen molar-refractivity contribution in [3.8, 4) is 11.5 Å². The second-order valence-electron chi connectivity index (χ2n) is 12.1. The first kappa shape index (κ1) is 23.9. The number of esters is 1. The molecule has 188 valence electrons. The molecule has 6 atom stereocenters. The Balaban J connectivity index is 1.57. The summed E-state index contributed by atoms with van der Waals surface area (Å²) in [5, 5.41) is 14.5. The minimum Gasteiger partial charge on any atom is -0.504 e. The molecule has 2 bridgehead atoms. The lowest BCUT2D eigenvalue weighted by Crippen LogP contribution is -2.78. The molecule has 0 aromatic heterocycles. The van der Waals surface area contributed by atoms with Crippen LogP contribution in [-0.4, -0.2) is 72.1 Å². The molecule has 2 heterocycles. The van der Waals surface area contributed by atoms with Gasteiger partial charge in [-0.05, 0) is 77.6 Å². The van der Waals surface area contributed by atoms with Crippen LogP contribution < -0.4 is 10.1 Å². The third-order valence-corrected chi connectivity index (χ3v) is 8.77. The van der Waals surface area contributed by atoms with Crippen molar-refractivity contribution in [1.82, 2.24) is 10.2 Å². The highest BCUT2D eigenvalue weighted by atomic mass is 16.6. The van der Waals surface area contributed by atoms with Gasteiger partial charge in [-0.3, -0.25) is 10.1 Å². The van der Waals surface area contributed by atoms with Crippen molar-refractivity contribution in [2.75, 3.05) is 20.7 Å². The summed E-state index contributed by atoms with van der Waals surface area (Å²) in [4.78, 5) is 15.6. The van der Waals surface area contributed by atoms with Crippen LogP contribution in [-0.2, 0) is 26.1 Å². The number of carbonyl (C=O) groups excluding carboxylic acids is 1. The zero-order valence-corrected chi connectivity index (χ0v) is 21.6. The predicted molar refractivity (Wildman–Crippen MR) is 129 cm³/mol. The minimum atomic E-state index is -0.548. The van der Waals surface area contributed by atoms with Crippen molar-refractivity contribution < 1.29 is 24.1 Å². The second kappa shape index (κ2) is 7.84. The van der Waals surface area contributed by atoms with Gasteiger partial charge in [-0.1, -0.05) is 19.9 Å². The van der Waals surface area contributed by atoms with Gasteiger partial charge in [-0.25, -0.2) is 0 Å². The van der Waals surface area contributed by atoms with Crippen molar-refractivity contribution in [2.24, 2.45) is 5.92 Å². The molecule has 4 aliphatic rings. The van der Waals surface area contributed by atoms with Crippen LogP contribution in [0.25, 0.3) is 0 Å². The van der Waals surface area contributed by atoms with Gasteiger partial charge in [0.15, 0.2) is 11.5 Å². The maximum atomic E-state index is 13.1. The molecular formula is C27H40N2O5. The predicted octanol–water partition coefficient (Wildman–Crippen LogP) is 3.15. The Kier molecular flexibility index (Phi) is 5.51. The highest BCUT2D eigenvalue weighted by Gasteiger charge is 2.73. The van der Waals surface area contributed by atoms with E-state index >= 15 is 0 Å². The number of likely N-dealkylation sites (N-methyl/N-ethyl adjacent to an activating group) is 1. The SMILES string of the molecule is CO[C@@]12CC[C@H](N[C@H](C(=O)OC(C)(C)C)C(C)C)[C@@H]3Oc4c(O)ccc5c4C31CCN(C)C2C5. The molecule has 1 saturated heterocycles. The molecule has 0 amide bonds. The van der Waals surface area contributed by atoms with Crippen molar-refractivity contribution in [3.05, 3.63) is 23.3 Å². The number of phenolic OH excluding ortho intramolecular Hbond substituents is 1. The fourth-order valence-corrected chi connectivity index (χ4v) is 7.44. The maximum Gasteiger partial charge on any atom is 0.323 e. The monoisotopic (exact) mass is 472 g/mol. The van der Waals surface area contributed by atoms with E-state index in [2.05, 4.69) is 23.3 Å². The van der Waals surface area contributed by atoms with Crippen LogP contribution >= 0.6 is 0 Å². The molecule has 1 aromatic rings. The summed E-state index contributed by atoms with van der Waals surface area (Å²) in [5.74, 6) is 0.633. The quantitative estimate of drug-likeness (QED) is 0.637. The molecule has 0 radical (unpaired) electrons. The van der Waals surface area contributed by atoms with E-state index < -0.39 is 17.2 Å². The number of phenols is 1. The highest BCUT2D eigenvalue weighted by molar-refractivity contribution is 5.76. The number of rotatable bonds is 5. The fourth-order valence-electron chi connectivity index (χ4n) is 7.44. The number of hydrogen-bond donors (Lipinski definition) is 2. The van der Waals surface area contributed by atoms with Gasteiger partial charge in [-0.2, -0.15) is 0 Å². The summed E-state index contributed by atoms with van der Waals surface area (Å²) in [6.07, 6.45) is 3.22. The van der Waals surface area contributed by atoms with Crippen LogP contribution in [0, 0.1) is 5.92 Å². The number of likely N-dealkylation sites (tertiary alicyclic amines) is 1. The average molecular weight is 473 g/mol. The van der Waals surface area contributed by atoms with Gasteiger partial charge in [0.1, 0.15) is 17.7 Å². The zero-order valence-electron chi connectivity index (χ0n) is 21.6. The van der Waals surface area contributed by atoms with Gasteiger partial charge in [0, 0.05) is 24.8 Å². The number of ether oxygens (including phenoxy) is 3. The number of methoxy groups -OCH3 is 1. The zero-order chi connectivity index (χ0) is 24.6. The van der Waals surface area contributed by atoms with Gasteiger partial charge in [0.2, 0.25) is 0 Å². The normalized spacial score (nSPS) is 35.0. The molecule has 5 rings (SSSR count). The lowest BCUT2D eigenvalue weighted by atomic mass is 9.48. The van der Waals surface area contributed by atoms with Crippen molar-refractivity contribution in [1.29, 1.82) is 0 Å². The Bertz CT molecular complexity index is 988. The van der Waals surface area contributed by atoms with E-state index in [1.54, 1.807) is 6.07 Å². The average Bonchev–Trinajstić information content (AvgIpc) is 3.11. The largest absolute Gasteiger partial charge is 0.504 e. The molecular weight excluding hydrogens is 432 g/mol. The Morgan fingerprint density at radius 1 is 1.29 bits per heavy atom. The minimum absolute atomic E-state index is 0.0609. The molecule has 2 aliphatic heterocycles. The molecule has 1 saturated carbocycles. The maximum absolute atomic E-state index is 13.1. The van der Waals surface area contributed by atoms with Crippen LogP contribution in [0.2, 0.25) is 0 Å². The van der Waals surface area contributed by atoms with Gasteiger partial charge in [0.05, 0.1) is 11.0 Å². The number of hydrogen-bond acceptors (Lipinski definition) is 7. The van der Waals surface area contributed by atoms with Crippen molar-refractivity contribution in [2.45, 2.75) is 101 Å². The van der Waals surface area contributed by atoms with E-state index in [9.17, 15) is 9.90 Å². The highest BCUT2D eigenvalue weighted by Crippen LogP contribution is 2.66. The molecule has 2 aliphatic carbocycles. The van der Waals surface area contributed by atoms with Crippen LogP contribution in [0.1, 0.15) is 65.0 Å². The summed E-state index contributed by atoms with van der Waals surface area (Å²) in [6.45, 7) is 10.7. The summed E-state index contributed by atoms with van der Waals surface area (Å²) in [7, 11) is 4.03. The Morgan fingerprint density at radius 3 is 2.68 bits per heavy atom. The van der Waals surface area contributed by atoms with Gasteiger partial charge < -0.3 is 24.2 Å². The van der Waals surface area contributed by atoms with Crippen LogP contribution in [0.4, 0.5) is 0 Å². The van der Waals surface area contributed by atoms with E-state index in [-0.39, 0.29) is 41.2 Å². The molecule has 2 fully saturated rings. The van der Waals surface area contributed by atoms with E-state index in [0.717, 1.165) is 37.8 Å². The third kappa shape index (κ3) is 3.16. The fraction of sp³-hybridized carbons (Fsp3) is 0.741. The first-order valence-electron chi connectivity index (χ1n) is 12.7. The molecule has 7 nitrogen and oxygen atoms in total. The van der Waals surface area contributed by atoms with Crippen LogP contribution in [0.15, 0.2) is 12.1 Å². The molecule has 2 unspecified atom stereocenters. The molecule has 34 heavy (non-hydrogen) atoms. The van der Waals surface area contributed by atoms with Gasteiger partial charge in [0.25, 0.3) is 0 Å². The Hall–Kier alpha value is -1.83. The van der Waals surface area contributed by atoms with Crippen molar-refractivity contribution in [3.63, 3.8) is 0 Å². The summed E-state index contributed by atoms with van der Waals surface area (Å²) in [6, 6.07) is 3.56. The first-order valence-corrected chi connectivity index (χ1v) is 12.7. The Labute approximate surface area is 203 Å². The van der Waals surface area contributed by atoms with Gasteiger partial charge in [-0.15, -0.1) is 0 Å².